The lowest BCUT2D eigenvalue weighted by Crippen LogP contribution is -2.22. The molecule has 0 saturated carbocycles. The summed E-state index contributed by atoms with van der Waals surface area (Å²) in [6.07, 6.45) is 1.82. The molecule has 0 bridgehead atoms. The summed E-state index contributed by atoms with van der Waals surface area (Å²) in [5.74, 6) is 1.33. The van der Waals surface area contributed by atoms with Gasteiger partial charge >= 0.3 is 0 Å². The van der Waals surface area contributed by atoms with Crippen molar-refractivity contribution in [2.24, 2.45) is 10.7 Å². The summed E-state index contributed by atoms with van der Waals surface area (Å²) >= 11 is 0. The molecule has 1 heterocycles. The minimum atomic E-state index is 0.440. The number of anilines is 1. The molecule has 0 saturated heterocycles. The third-order valence-electron chi connectivity index (χ3n) is 3.09. The van der Waals surface area contributed by atoms with Gasteiger partial charge in [0.15, 0.2) is 5.96 Å². The van der Waals surface area contributed by atoms with E-state index >= 15 is 0 Å². The van der Waals surface area contributed by atoms with Gasteiger partial charge in [-0.1, -0.05) is 23.4 Å². The van der Waals surface area contributed by atoms with Crippen LogP contribution in [0.3, 0.4) is 0 Å². The monoisotopic (exact) mass is 272 g/mol. The number of nitrogens with one attached hydrogen (secondary N) is 1. The largest absolute Gasteiger partial charge is 0.370 e. The SMILES string of the molecule is Cc1noc(C)c1CCCN=C(N)Nc1ccccc1. The second-order valence-electron chi connectivity index (χ2n) is 4.66. The molecule has 0 fully saturated rings. The van der Waals surface area contributed by atoms with Crippen molar-refractivity contribution in [2.75, 3.05) is 11.9 Å². The average molecular weight is 272 g/mol. The van der Waals surface area contributed by atoms with Crippen LogP contribution >= 0.6 is 0 Å². The Hall–Kier alpha value is -2.30. The number of rotatable bonds is 5. The predicted molar refractivity (Wildman–Crippen MR) is 80.9 cm³/mol. The maximum Gasteiger partial charge on any atom is 0.193 e. The van der Waals surface area contributed by atoms with Crippen LogP contribution in [0.15, 0.2) is 39.8 Å². The molecule has 0 unspecified atom stereocenters. The normalized spacial score (nSPS) is 11.6. The van der Waals surface area contributed by atoms with E-state index in [1.807, 2.05) is 44.2 Å². The Kier molecular flexibility index (Phi) is 4.76. The fraction of sp³-hybridized carbons (Fsp3) is 0.333. The Morgan fingerprint density at radius 2 is 2.05 bits per heavy atom. The van der Waals surface area contributed by atoms with Gasteiger partial charge in [0.2, 0.25) is 0 Å². The molecule has 0 spiro atoms. The fourth-order valence-electron chi connectivity index (χ4n) is 2.02. The molecule has 0 radical (unpaired) electrons. The first-order valence-electron chi connectivity index (χ1n) is 6.70. The summed E-state index contributed by atoms with van der Waals surface area (Å²) in [4.78, 5) is 4.31. The number of benzene rings is 1. The zero-order chi connectivity index (χ0) is 14.4. The van der Waals surface area contributed by atoms with Crippen LogP contribution in [0.5, 0.6) is 0 Å². The Labute approximate surface area is 118 Å². The lowest BCUT2D eigenvalue weighted by atomic mass is 10.1. The van der Waals surface area contributed by atoms with Crippen LogP contribution in [-0.4, -0.2) is 17.7 Å². The molecule has 106 valence electrons. The number of hydrogen-bond donors (Lipinski definition) is 2. The standard InChI is InChI=1S/C15H20N4O/c1-11-14(12(2)20-19-11)9-6-10-17-15(16)18-13-7-4-3-5-8-13/h3-5,7-8H,6,9-10H2,1-2H3,(H3,16,17,18). The Bertz CT molecular complexity index is 555. The van der Waals surface area contributed by atoms with Gasteiger partial charge in [0.25, 0.3) is 0 Å². The summed E-state index contributed by atoms with van der Waals surface area (Å²) in [6, 6.07) is 9.76. The molecule has 0 aliphatic carbocycles. The van der Waals surface area contributed by atoms with E-state index in [9.17, 15) is 0 Å². The number of nitrogens with two attached hydrogens (primary N) is 1. The minimum absolute atomic E-state index is 0.440. The summed E-state index contributed by atoms with van der Waals surface area (Å²) in [5, 5.41) is 6.99. The first kappa shape index (κ1) is 14.1. The van der Waals surface area contributed by atoms with E-state index in [1.54, 1.807) is 0 Å². The third-order valence-corrected chi connectivity index (χ3v) is 3.09. The smallest absolute Gasteiger partial charge is 0.193 e. The third kappa shape index (κ3) is 3.85. The summed E-state index contributed by atoms with van der Waals surface area (Å²) in [6.45, 7) is 4.57. The zero-order valence-electron chi connectivity index (χ0n) is 11.9. The number of aryl methyl sites for hydroxylation is 2. The van der Waals surface area contributed by atoms with Crippen LogP contribution in [0.4, 0.5) is 5.69 Å². The quantitative estimate of drug-likeness (QED) is 0.498. The molecule has 0 aliphatic rings. The second kappa shape index (κ2) is 6.75. The van der Waals surface area contributed by atoms with E-state index in [0.29, 0.717) is 12.5 Å². The van der Waals surface area contributed by atoms with Crippen LogP contribution in [0.2, 0.25) is 0 Å². The molecule has 5 heteroatoms. The van der Waals surface area contributed by atoms with Crippen LogP contribution in [0, 0.1) is 13.8 Å². The predicted octanol–water partition coefficient (Wildman–Crippen LogP) is 2.65. The van der Waals surface area contributed by atoms with Gasteiger partial charge in [0.1, 0.15) is 5.76 Å². The molecule has 1 aromatic carbocycles. The Morgan fingerprint density at radius 1 is 1.30 bits per heavy atom. The van der Waals surface area contributed by atoms with Crippen molar-refractivity contribution < 1.29 is 4.52 Å². The van der Waals surface area contributed by atoms with Crippen LogP contribution < -0.4 is 11.1 Å². The first-order chi connectivity index (χ1) is 9.66. The highest BCUT2D eigenvalue weighted by molar-refractivity contribution is 5.92. The maximum absolute atomic E-state index is 5.83. The Balaban J connectivity index is 1.79. The van der Waals surface area contributed by atoms with Gasteiger partial charge in [0, 0.05) is 17.8 Å². The van der Waals surface area contributed by atoms with Crippen molar-refractivity contribution in [1.82, 2.24) is 5.16 Å². The molecule has 20 heavy (non-hydrogen) atoms. The number of hydrogen-bond acceptors (Lipinski definition) is 3. The summed E-state index contributed by atoms with van der Waals surface area (Å²) in [7, 11) is 0. The first-order valence-corrected chi connectivity index (χ1v) is 6.70. The van der Waals surface area contributed by atoms with E-state index in [4.69, 9.17) is 10.3 Å². The number of nitrogens with zero attached hydrogens (tertiary/aromatic N) is 2. The molecule has 2 aromatic rings. The number of para-hydroxylation sites is 1. The number of aromatic nitrogens is 1. The van der Waals surface area contributed by atoms with E-state index in [-0.39, 0.29) is 0 Å². The summed E-state index contributed by atoms with van der Waals surface area (Å²) in [5.41, 5.74) is 8.91. The molecular formula is C15H20N4O. The van der Waals surface area contributed by atoms with E-state index in [2.05, 4.69) is 15.5 Å². The van der Waals surface area contributed by atoms with Gasteiger partial charge < -0.3 is 15.6 Å². The van der Waals surface area contributed by atoms with Crippen LogP contribution in [-0.2, 0) is 6.42 Å². The molecule has 2 rings (SSSR count). The van der Waals surface area contributed by atoms with Crippen molar-refractivity contribution in [2.45, 2.75) is 26.7 Å². The molecule has 3 N–H and O–H groups in total. The summed E-state index contributed by atoms with van der Waals surface area (Å²) < 4.78 is 5.13. The van der Waals surface area contributed by atoms with E-state index in [0.717, 1.165) is 30.0 Å². The van der Waals surface area contributed by atoms with Crippen molar-refractivity contribution in [3.05, 3.63) is 47.3 Å². The topological polar surface area (TPSA) is 76.4 Å². The average Bonchev–Trinajstić information content (AvgIpc) is 2.76. The van der Waals surface area contributed by atoms with Gasteiger partial charge in [-0.2, -0.15) is 0 Å². The van der Waals surface area contributed by atoms with Crippen molar-refractivity contribution in [3.63, 3.8) is 0 Å². The van der Waals surface area contributed by atoms with E-state index in [1.165, 1.54) is 5.56 Å². The number of guanidine groups is 1. The minimum Gasteiger partial charge on any atom is -0.370 e. The molecule has 1 aromatic heterocycles. The van der Waals surface area contributed by atoms with Crippen molar-refractivity contribution in [3.8, 4) is 0 Å². The molecule has 0 amide bonds. The van der Waals surface area contributed by atoms with E-state index < -0.39 is 0 Å². The van der Waals surface area contributed by atoms with Crippen molar-refractivity contribution >= 4 is 11.6 Å². The zero-order valence-corrected chi connectivity index (χ0v) is 11.9. The lowest BCUT2D eigenvalue weighted by Gasteiger charge is -2.05. The fourth-order valence-corrected chi connectivity index (χ4v) is 2.02. The Morgan fingerprint density at radius 3 is 2.70 bits per heavy atom. The van der Waals surface area contributed by atoms with Gasteiger partial charge in [0.05, 0.1) is 5.69 Å². The molecular weight excluding hydrogens is 252 g/mol. The van der Waals surface area contributed by atoms with Gasteiger partial charge in [-0.3, -0.25) is 4.99 Å². The highest BCUT2D eigenvalue weighted by atomic mass is 16.5. The van der Waals surface area contributed by atoms with Crippen LogP contribution in [0.25, 0.3) is 0 Å². The molecule has 5 nitrogen and oxygen atoms in total. The lowest BCUT2D eigenvalue weighted by molar-refractivity contribution is 0.392. The number of aliphatic imine (C=N–C) groups is 1. The highest BCUT2D eigenvalue weighted by Gasteiger charge is 2.07. The van der Waals surface area contributed by atoms with Gasteiger partial charge in [-0.05, 0) is 38.8 Å². The maximum atomic E-state index is 5.83. The molecule has 0 atom stereocenters. The van der Waals surface area contributed by atoms with Crippen molar-refractivity contribution in [1.29, 1.82) is 0 Å². The highest BCUT2D eigenvalue weighted by Crippen LogP contribution is 2.14. The van der Waals surface area contributed by atoms with Gasteiger partial charge in [-0.15, -0.1) is 0 Å². The van der Waals surface area contributed by atoms with Gasteiger partial charge in [-0.25, -0.2) is 0 Å². The molecule has 0 aliphatic heterocycles. The second-order valence-corrected chi connectivity index (χ2v) is 4.66. The van der Waals surface area contributed by atoms with Crippen LogP contribution in [0.1, 0.15) is 23.4 Å².